The number of phosphoric acid groups is 3. The van der Waals surface area contributed by atoms with Crippen LogP contribution in [0.2, 0.25) is 0 Å². The smallest absolute Gasteiger partial charge is 0.387 e. The molecule has 17 nitrogen and oxygen atoms in total. The summed E-state index contributed by atoms with van der Waals surface area (Å²) < 4.78 is 75.3. The molecular weight excluding hydrogens is 575 g/mol. The van der Waals surface area contributed by atoms with Crippen molar-refractivity contribution >= 4 is 44.1 Å². The molecule has 1 saturated heterocycles. The van der Waals surface area contributed by atoms with E-state index >= 15 is 0 Å². The van der Waals surface area contributed by atoms with E-state index in [1.165, 1.54) is 24.4 Å². The van der Waals surface area contributed by atoms with E-state index in [2.05, 4.69) is 13.1 Å². The minimum atomic E-state index is -5.77. The summed E-state index contributed by atoms with van der Waals surface area (Å²) in [6.45, 7) is -1.07. The Morgan fingerprint density at radius 2 is 1.64 bits per heavy atom. The van der Waals surface area contributed by atoms with Gasteiger partial charge in [-0.2, -0.15) is 8.62 Å². The molecular formula is C15H20NO16P3S. The number of ether oxygens (including phenoxy) is 1. The van der Waals surface area contributed by atoms with Crippen LogP contribution in [0.3, 0.4) is 0 Å². The van der Waals surface area contributed by atoms with E-state index < -0.39 is 70.0 Å². The Labute approximate surface area is 201 Å². The Balaban J connectivity index is 1.80. The molecule has 6 N–H and O–H groups in total. The fraction of sp³-hybridized carbons (Fsp3) is 0.400. The van der Waals surface area contributed by atoms with Gasteiger partial charge in [0.05, 0.1) is 11.5 Å². The minimum Gasteiger partial charge on any atom is -0.387 e. The average molecular weight is 595 g/mol. The van der Waals surface area contributed by atoms with Gasteiger partial charge in [-0.15, -0.1) is 0 Å². The number of benzene rings is 1. The van der Waals surface area contributed by atoms with Gasteiger partial charge in [-0.05, 0) is 23.6 Å². The van der Waals surface area contributed by atoms with Crippen molar-refractivity contribution in [3.8, 4) is 0 Å². The molecule has 0 radical (unpaired) electrons. The minimum absolute atomic E-state index is 0.0533. The molecule has 6 atom stereocenters. The summed E-state index contributed by atoms with van der Waals surface area (Å²) in [6, 6.07) is 5.22. The maximum absolute atomic E-state index is 13.0. The van der Waals surface area contributed by atoms with Crippen LogP contribution < -0.4 is 5.56 Å². The van der Waals surface area contributed by atoms with Crippen LogP contribution in [-0.4, -0.2) is 73.9 Å². The van der Waals surface area contributed by atoms with Gasteiger partial charge in [0.2, 0.25) is 0 Å². The topological polar surface area (TPSA) is 266 Å². The third-order valence-corrected chi connectivity index (χ3v) is 9.67. The van der Waals surface area contributed by atoms with Crippen LogP contribution in [-0.2, 0) is 41.4 Å². The molecule has 1 aliphatic heterocycles. The summed E-state index contributed by atoms with van der Waals surface area (Å²) in [5.41, 5.74) is -0.803. The summed E-state index contributed by atoms with van der Waals surface area (Å²) in [6.07, 6.45) is -4.68. The zero-order valence-electron chi connectivity index (χ0n) is 17.9. The van der Waals surface area contributed by atoms with Crippen LogP contribution in [0.15, 0.2) is 40.2 Å². The van der Waals surface area contributed by atoms with Crippen molar-refractivity contribution in [2.75, 3.05) is 12.9 Å². The molecule has 2 heterocycles. The second-order valence-corrected chi connectivity index (χ2v) is 13.9. The van der Waals surface area contributed by atoms with E-state index in [0.717, 1.165) is 16.9 Å². The Morgan fingerprint density at radius 3 is 2.22 bits per heavy atom. The van der Waals surface area contributed by atoms with Crippen LogP contribution in [0.1, 0.15) is 6.23 Å². The lowest BCUT2D eigenvalue weighted by Gasteiger charge is -2.19. The molecule has 202 valence electrons. The van der Waals surface area contributed by atoms with Crippen molar-refractivity contribution in [3.63, 3.8) is 0 Å². The second kappa shape index (κ2) is 10.1. The average Bonchev–Trinajstić information content (AvgIpc) is 2.97. The van der Waals surface area contributed by atoms with Crippen molar-refractivity contribution < 1.29 is 69.8 Å². The molecule has 1 aliphatic rings. The highest BCUT2D eigenvalue weighted by Crippen LogP contribution is 2.66. The van der Waals surface area contributed by atoms with Gasteiger partial charge in [-0.1, -0.05) is 6.07 Å². The van der Waals surface area contributed by atoms with E-state index in [9.17, 15) is 42.0 Å². The first-order valence-corrected chi connectivity index (χ1v) is 15.9. The van der Waals surface area contributed by atoms with Crippen molar-refractivity contribution in [2.45, 2.75) is 29.4 Å². The van der Waals surface area contributed by atoms with Gasteiger partial charge in [0, 0.05) is 17.8 Å². The quantitative estimate of drug-likeness (QED) is 0.197. The summed E-state index contributed by atoms with van der Waals surface area (Å²) in [5.74, 6) is 0. The first-order valence-electron chi connectivity index (χ1n) is 9.45. The predicted octanol–water partition coefficient (Wildman–Crippen LogP) is -0.633. The highest BCUT2D eigenvalue weighted by molar-refractivity contribution is 7.90. The van der Waals surface area contributed by atoms with Crippen LogP contribution in [0, 0.1) is 0 Å². The summed E-state index contributed by atoms with van der Waals surface area (Å²) >= 11 is 0. The normalized spacial score (nSPS) is 26.5. The number of hydrogen-bond acceptors (Lipinski definition) is 12. The maximum atomic E-state index is 13.0. The summed E-state index contributed by atoms with van der Waals surface area (Å²) in [4.78, 5) is 48.6. The van der Waals surface area contributed by atoms with Gasteiger partial charge >= 0.3 is 23.5 Å². The largest absolute Gasteiger partial charge is 0.490 e. The molecule has 2 aromatic rings. The molecule has 36 heavy (non-hydrogen) atoms. The monoisotopic (exact) mass is 595 g/mol. The predicted molar refractivity (Wildman–Crippen MR) is 117 cm³/mol. The Kier molecular flexibility index (Phi) is 8.19. The molecule has 0 spiro atoms. The highest BCUT2D eigenvalue weighted by Gasteiger charge is 2.46. The highest BCUT2D eigenvalue weighted by atomic mass is 32.2. The van der Waals surface area contributed by atoms with Gasteiger partial charge in [0.15, 0.2) is 16.1 Å². The number of aliphatic hydroxyl groups is 2. The Morgan fingerprint density at radius 1 is 1.00 bits per heavy atom. The van der Waals surface area contributed by atoms with Crippen LogP contribution in [0.25, 0.3) is 10.8 Å². The SMILES string of the molecule is CS(=O)(=O)c1ccc2ccn([C@@H]3O[C@H](COP(=O)(O)OP(=O)(O)OP(=O)(O)O)[C@@H](O)[C@H]3O)c(=O)c2c1. The van der Waals surface area contributed by atoms with Gasteiger partial charge in [-0.3, -0.25) is 13.9 Å². The molecule has 1 fully saturated rings. The molecule has 21 heteroatoms. The number of sulfone groups is 1. The lowest BCUT2D eigenvalue weighted by atomic mass is 10.1. The molecule has 2 unspecified atom stereocenters. The molecule has 3 rings (SSSR count). The molecule has 0 aliphatic carbocycles. The standard InChI is InChI=1S/C15H20NO16P3S/c1-36(27,28)9-3-2-8-4-5-16(14(19)10(8)6-9)15-13(18)12(17)11(30-15)7-29-34(23,24)32-35(25,26)31-33(20,21)22/h2-6,11-13,15,17-18H,7H2,1H3,(H,23,24)(H,25,26)(H2,20,21,22)/t11-,12-,13-,15-/m1/s1. The van der Waals surface area contributed by atoms with Crippen molar-refractivity contribution in [3.05, 3.63) is 40.8 Å². The number of fused-ring (bicyclic) bond motifs is 1. The van der Waals surface area contributed by atoms with Gasteiger partial charge in [0.1, 0.15) is 18.3 Å². The van der Waals surface area contributed by atoms with Crippen LogP contribution >= 0.6 is 23.5 Å². The van der Waals surface area contributed by atoms with Crippen LogP contribution in [0.5, 0.6) is 0 Å². The van der Waals surface area contributed by atoms with Crippen molar-refractivity contribution in [1.82, 2.24) is 4.57 Å². The number of hydrogen-bond donors (Lipinski definition) is 6. The lowest BCUT2D eigenvalue weighted by molar-refractivity contribution is -0.0533. The molecule has 0 amide bonds. The van der Waals surface area contributed by atoms with E-state index in [-0.39, 0.29) is 10.3 Å². The van der Waals surface area contributed by atoms with Crippen molar-refractivity contribution in [1.29, 1.82) is 0 Å². The Hall–Kier alpha value is -1.33. The van der Waals surface area contributed by atoms with E-state index in [1.807, 2.05) is 0 Å². The van der Waals surface area contributed by atoms with Crippen molar-refractivity contribution in [2.24, 2.45) is 0 Å². The zero-order valence-corrected chi connectivity index (χ0v) is 21.4. The van der Waals surface area contributed by atoms with Gasteiger partial charge < -0.3 is 34.5 Å². The Bertz CT molecular complexity index is 1470. The van der Waals surface area contributed by atoms with E-state index in [4.69, 9.17) is 19.4 Å². The van der Waals surface area contributed by atoms with E-state index in [1.54, 1.807) is 0 Å². The fourth-order valence-corrected chi connectivity index (χ4v) is 6.91. The summed E-state index contributed by atoms with van der Waals surface area (Å²) in [5, 5.41) is 20.9. The molecule has 0 saturated carbocycles. The number of rotatable bonds is 9. The zero-order chi connectivity index (χ0) is 27.3. The third-order valence-electron chi connectivity index (χ3n) is 4.76. The first kappa shape index (κ1) is 29.2. The summed E-state index contributed by atoms with van der Waals surface area (Å²) in [7, 11) is -20.6. The number of aliphatic hydroxyl groups excluding tert-OH is 2. The lowest BCUT2D eigenvalue weighted by Crippen LogP contribution is -2.35. The van der Waals surface area contributed by atoms with E-state index in [0.29, 0.717) is 5.39 Å². The third kappa shape index (κ3) is 6.95. The van der Waals surface area contributed by atoms with Gasteiger partial charge in [0.25, 0.3) is 5.56 Å². The maximum Gasteiger partial charge on any atom is 0.490 e. The molecule has 0 bridgehead atoms. The van der Waals surface area contributed by atoms with Crippen LogP contribution in [0.4, 0.5) is 0 Å². The first-order chi connectivity index (χ1) is 16.3. The number of phosphoric ester groups is 1. The number of aromatic nitrogens is 1. The number of nitrogens with zero attached hydrogens (tertiary/aromatic N) is 1. The molecule has 1 aromatic carbocycles. The second-order valence-electron chi connectivity index (χ2n) is 7.48. The molecule has 1 aromatic heterocycles. The van der Waals surface area contributed by atoms with Gasteiger partial charge in [-0.25, -0.2) is 22.1 Å². The number of pyridine rings is 1. The fourth-order valence-electron chi connectivity index (χ4n) is 3.23.